The number of rotatable bonds is 2. The summed E-state index contributed by atoms with van der Waals surface area (Å²) >= 11 is 0. The Kier molecular flexibility index (Phi) is 2.34. The summed E-state index contributed by atoms with van der Waals surface area (Å²) in [7, 11) is -7.85. The molecule has 0 amide bonds. The molecule has 0 fully saturated rings. The molecular formula is H3NO5S2. The smallest absolute Gasteiger partial charge is 0.273 e. The zero-order chi connectivity index (χ0) is 6.78. The van der Waals surface area contributed by atoms with E-state index in [4.69, 9.17) is 4.55 Å². The molecule has 0 unspecified atom stereocenters. The lowest BCUT2D eigenvalue weighted by atomic mass is 13.9. The van der Waals surface area contributed by atoms with Crippen molar-refractivity contribution in [1.29, 1.82) is 0 Å². The maximum atomic E-state index is 9.50. The summed E-state index contributed by atoms with van der Waals surface area (Å²) in [6.07, 6.45) is 0. The van der Waals surface area contributed by atoms with Gasteiger partial charge in [-0.3, -0.25) is 4.55 Å². The van der Waals surface area contributed by atoms with E-state index in [9.17, 15) is 16.8 Å². The van der Waals surface area contributed by atoms with Gasteiger partial charge in [0, 0.05) is 0 Å². The fraction of sp³-hybridized carbons (Fsp3) is 0. The minimum atomic E-state index is -4.57. The summed E-state index contributed by atoms with van der Waals surface area (Å²) in [5.74, 6) is 0. The molecule has 0 aliphatic carbocycles. The second-order valence-electron chi connectivity index (χ2n) is 0.823. The molecule has 0 aromatic rings. The number of hydrogen-bond donors (Lipinski definition) is 3. The van der Waals surface area contributed by atoms with Crippen molar-refractivity contribution in [3.05, 3.63) is 0 Å². The number of hydrogen-bond acceptors (Lipinski definition) is 4. The SMILES string of the molecule is O=[SH](=O)NS(=O)(=O)O. The molecule has 0 aliphatic heterocycles. The van der Waals surface area contributed by atoms with Crippen LogP contribution in [0.15, 0.2) is 0 Å². The zero-order valence-corrected chi connectivity index (χ0v) is 5.15. The molecule has 0 saturated carbocycles. The van der Waals surface area contributed by atoms with Crippen LogP contribution < -0.4 is 4.13 Å². The zero-order valence-electron chi connectivity index (χ0n) is 3.44. The van der Waals surface area contributed by atoms with Crippen molar-refractivity contribution >= 4 is 21.2 Å². The molecule has 0 heterocycles. The molecule has 0 spiro atoms. The Balaban J connectivity index is 4.16. The van der Waals surface area contributed by atoms with Crippen molar-refractivity contribution in [3.63, 3.8) is 0 Å². The second kappa shape index (κ2) is 2.40. The van der Waals surface area contributed by atoms with Crippen molar-refractivity contribution in [3.8, 4) is 0 Å². The third kappa shape index (κ3) is 5.82. The maximum absolute atomic E-state index is 9.50. The van der Waals surface area contributed by atoms with E-state index >= 15 is 0 Å². The average molecular weight is 161 g/mol. The Labute approximate surface area is 47.5 Å². The van der Waals surface area contributed by atoms with Gasteiger partial charge in [0.05, 0.1) is 0 Å². The van der Waals surface area contributed by atoms with Gasteiger partial charge in [-0.2, -0.15) is 8.42 Å². The molecular weight excluding hydrogens is 158 g/mol. The molecule has 2 N–H and O–H groups in total. The minimum Gasteiger partial charge on any atom is -0.273 e. The lowest BCUT2D eigenvalue weighted by Gasteiger charge is -1.84. The van der Waals surface area contributed by atoms with Gasteiger partial charge in [0.25, 0.3) is 0 Å². The minimum absolute atomic E-state index is 0.863. The van der Waals surface area contributed by atoms with Gasteiger partial charge in [-0.1, -0.05) is 4.13 Å². The van der Waals surface area contributed by atoms with E-state index in [2.05, 4.69) is 0 Å². The highest BCUT2D eigenvalue weighted by molar-refractivity contribution is 7.94. The van der Waals surface area contributed by atoms with Crippen LogP contribution in [-0.4, -0.2) is 21.4 Å². The van der Waals surface area contributed by atoms with Crippen LogP contribution in [0.25, 0.3) is 0 Å². The molecule has 0 aromatic carbocycles. The average Bonchev–Trinajstić information content (AvgIpc) is 1.21. The van der Waals surface area contributed by atoms with Crippen molar-refractivity contribution in [1.82, 2.24) is 4.13 Å². The van der Waals surface area contributed by atoms with Crippen LogP contribution in [0, 0.1) is 0 Å². The Morgan fingerprint density at radius 2 is 1.75 bits per heavy atom. The van der Waals surface area contributed by atoms with Crippen molar-refractivity contribution in [2.75, 3.05) is 0 Å². The van der Waals surface area contributed by atoms with Gasteiger partial charge >= 0.3 is 10.3 Å². The highest BCUT2D eigenvalue weighted by atomic mass is 32.3. The van der Waals surface area contributed by atoms with Gasteiger partial charge in [-0.05, 0) is 0 Å². The normalized spacial score (nSPS) is 12.2. The van der Waals surface area contributed by atoms with Crippen LogP contribution in [0.5, 0.6) is 0 Å². The highest BCUT2D eigenvalue weighted by Gasteiger charge is 2.00. The third-order valence-corrected chi connectivity index (χ3v) is 1.71. The first-order valence-electron chi connectivity index (χ1n) is 1.31. The van der Waals surface area contributed by atoms with Crippen LogP contribution in [0.4, 0.5) is 0 Å². The van der Waals surface area contributed by atoms with Crippen molar-refractivity contribution in [2.45, 2.75) is 0 Å². The van der Waals surface area contributed by atoms with Crippen LogP contribution in [0.1, 0.15) is 0 Å². The number of nitrogens with one attached hydrogen (secondary N) is 1. The molecule has 0 radical (unpaired) electrons. The highest BCUT2D eigenvalue weighted by Crippen LogP contribution is 1.67. The molecule has 0 atom stereocenters. The maximum Gasteiger partial charge on any atom is 0.346 e. The summed E-state index contributed by atoms with van der Waals surface area (Å²) in [6.45, 7) is 0. The molecule has 0 bridgehead atoms. The van der Waals surface area contributed by atoms with E-state index < -0.39 is 21.2 Å². The third-order valence-electron chi connectivity index (χ3n) is 0.190. The monoisotopic (exact) mass is 161 g/mol. The predicted octanol–water partition coefficient (Wildman–Crippen LogP) is -2.09. The van der Waals surface area contributed by atoms with Crippen LogP contribution in [0.2, 0.25) is 0 Å². The molecule has 50 valence electrons. The largest absolute Gasteiger partial charge is 0.346 e. The lowest BCUT2D eigenvalue weighted by molar-refractivity contribution is 0.478. The Morgan fingerprint density at radius 1 is 1.38 bits per heavy atom. The quantitative estimate of drug-likeness (QED) is 0.318. The summed E-state index contributed by atoms with van der Waals surface area (Å²) in [5, 5.41) is 0. The van der Waals surface area contributed by atoms with Crippen LogP contribution in [0.3, 0.4) is 0 Å². The summed E-state index contributed by atoms with van der Waals surface area (Å²) in [5.41, 5.74) is 0. The fourth-order valence-electron chi connectivity index (χ4n) is 0.0942. The van der Waals surface area contributed by atoms with Crippen molar-refractivity contribution < 1.29 is 21.4 Å². The summed E-state index contributed by atoms with van der Waals surface area (Å²) in [6, 6.07) is 0. The van der Waals surface area contributed by atoms with Gasteiger partial charge in [0.15, 0.2) is 0 Å². The van der Waals surface area contributed by atoms with Crippen molar-refractivity contribution in [2.24, 2.45) is 0 Å². The van der Waals surface area contributed by atoms with E-state index in [1.807, 2.05) is 0 Å². The predicted molar refractivity (Wildman–Crippen MR) is 25.0 cm³/mol. The molecule has 8 heavy (non-hydrogen) atoms. The van der Waals surface area contributed by atoms with E-state index in [0.29, 0.717) is 0 Å². The molecule has 0 aliphatic rings. The summed E-state index contributed by atoms with van der Waals surface area (Å²) < 4.78 is 46.3. The number of thiol groups is 1. The first-order chi connectivity index (χ1) is 3.42. The van der Waals surface area contributed by atoms with Gasteiger partial charge in [0.2, 0.25) is 10.9 Å². The van der Waals surface area contributed by atoms with Gasteiger partial charge in [0.1, 0.15) is 0 Å². The van der Waals surface area contributed by atoms with Gasteiger partial charge in [-0.25, -0.2) is 8.42 Å². The van der Waals surface area contributed by atoms with Crippen LogP contribution in [-0.2, 0) is 21.2 Å². The Bertz CT molecular complexity index is 211. The van der Waals surface area contributed by atoms with Gasteiger partial charge in [-0.15, -0.1) is 0 Å². The first kappa shape index (κ1) is 7.82. The van der Waals surface area contributed by atoms with Crippen LogP contribution >= 0.6 is 0 Å². The van der Waals surface area contributed by atoms with E-state index in [1.54, 1.807) is 0 Å². The Hall–Kier alpha value is -0.180. The molecule has 0 saturated heterocycles. The molecule has 0 aromatic heterocycles. The van der Waals surface area contributed by atoms with E-state index in [1.165, 1.54) is 0 Å². The Morgan fingerprint density at radius 3 is 1.75 bits per heavy atom. The standard InChI is InChI=1S/H3NO5S2/c2-7(3)1-8(4,5)6/h7H,(H,1,2,3)(H,4,5,6). The van der Waals surface area contributed by atoms with E-state index in [0.717, 1.165) is 4.13 Å². The topological polar surface area (TPSA) is 101 Å². The molecule has 0 rings (SSSR count). The first-order valence-corrected chi connectivity index (χ1v) is 3.93. The second-order valence-corrected chi connectivity index (χ2v) is 3.02. The van der Waals surface area contributed by atoms with Gasteiger partial charge < -0.3 is 0 Å². The fourth-order valence-corrected chi connectivity index (χ4v) is 0.848. The lowest BCUT2D eigenvalue weighted by Crippen LogP contribution is -2.19. The molecule has 8 heteroatoms. The molecule has 6 nitrogen and oxygen atoms in total. The summed E-state index contributed by atoms with van der Waals surface area (Å²) in [4.78, 5) is 0. The van der Waals surface area contributed by atoms with E-state index in [-0.39, 0.29) is 0 Å².